The number of hydrogen-bond donors (Lipinski definition) is 1. The lowest BCUT2D eigenvalue weighted by Gasteiger charge is -2.29. The molecule has 1 aromatic carbocycles. The monoisotopic (exact) mass is 322 g/mol. The quantitative estimate of drug-likeness (QED) is 0.340. The Morgan fingerprint density at radius 3 is 2.87 bits per heavy atom. The van der Waals surface area contributed by atoms with Gasteiger partial charge in [0, 0.05) is 19.2 Å². The summed E-state index contributed by atoms with van der Waals surface area (Å²) < 4.78 is 5.02. The largest absolute Gasteiger partial charge is 0.423 e. The Morgan fingerprint density at radius 2 is 2.22 bits per heavy atom. The Bertz CT molecular complexity index is 632. The van der Waals surface area contributed by atoms with Crippen LogP contribution in [0, 0.1) is 10.1 Å². The maximum absolute atomic E-state index is 12.0. The number of nitrogens with one attached hydrogen (secondary N) is 1. The highest BCUT2D eigenvalue weighted by Crippen LogP contribution is 2.34. The number of likely N-dealkylation sites (N-methyl/N-ethyl adjacent to an activating group) is 1. The number of nitro benzene ring substituents is 1. The molecule has 9 heteroatoms. The third kappa shape index (κ3) is 4.39. The highest BCUT2D eigenvalue weighted by molar-refractivity contribution is 5.89. The molecule has 0 saturated heterocycles. The fourth-order valence-electron chi connectivity index (χ4n) is 2.14. The van der Waals surface area contributed by atoms with Gasteiger partial charge in [0.2, 0.25) is 5.91 Å². The van der Waals surface area contributed by atoms with Crippen molar-refractivity contribution in [3.8, 4) is 5.75 Å². The van der Waals surface area contributed by atoms with E-state index in [2.05, 4.69) is 5.32 Å². The number of non-ortho nitro benzene ring substituents is 1. The summed E-state index contributed by atoms with van der Waals surface area (Å²) in [7, 11) is 3.80. The number of hydrogen-bond acceptors (Lipinski definition) is 7. The van der Waals surface area contributed by atoms with Crippen LogP contribution in [-0.2, 0) is 9.59 Å². The van der Waals surface area contributed by atoms with Gasteiger partial charge in [-0.3, -0.25) is 14.9 Å². The first-order valence-corrected chi connectivity index (χ1v) is 7.02. The lowest BCUT2D eigenvalue weighted by molar-refractivity contribution is -0.384. The van der Waals surface area contributed by atoms with Crippen LogP contribution in [0.25, 0.3) is 0 Å². The van der Waals surface area contributed by atoms with Gasteiger partial charge in [-0.25, -0.2) is 4.79 Å². The molecular formula is C14H18N4O5. The van der Waals surface area contributed by atoms with E-state index in [-0.39, 0.29) is 30.4 Å². The minimum atomic E-state index is -0.568. The van der Waals surface area contributed by atoms with Crippen LogP contribution >= 0.6 is 0 Å². The average Bonchev–Trinajstić information content (AvgIpc) is 2.45. The Labute approximate surface area is 133 Å². The third-order valence-electron chi connectivity index (χ3n) is 3.25. The van der Waals surface area contributed by atoms with Crippen molar-refractivity contribution in [2.45, 2.75) is 0 Å². The predicted molar refractivity (Wildman–Crippen MR) is 82.5 cm³/mol. The molecule has 1 amide bonds. The number of anilines is 1. The van der Waals surface area contributed by atoms with Crippen LogP contribution in [-0.4, -0.2) is 62.0 Å². The molecular weight excluding hydrogens is 304 g/mol. The van der Waals surface area contributed by atoms with Crippen LogP contribution in [0.5, 0.6) is 5.75 Å². The topological polar surface area (TPSA) is 105 Å². The van der Waals surface area contributed by atoms with E-state index in [1.807, 2.05) is 19.0 Å². The number of benzene rings is 1. The predicted octanol–water partition coefficient (Wildman–Crippen LogP) is -0.00200. The van der Waals surface area contributed by atoms with Crippen LogP contribution in [0.2, 0.25) is 0 Å². The van der Waals surface area contributed by atoms with Crippen molar-refractivity contribution in [2.75, 3.05) is 45.2 Å². The highest BCUT2D eigenvalue weighted by Gasteiger charge is 2.27. The minimum Gasteiger partial charge on any atom is -0.423 e. The molecule has 1 heterocycles. The van der Waals surface area contributed by atoms with Crippen LogP contribution in [0.4, 0.5) is 11.4 Å². The van der Waals surface area contributed by atoms with Gasteiger partial charge in [-0.15, -0.1) is 0 Å². The van der Waals surface area contributed by atoms with Gasteiger partial charge in [-0.2, -0.15) is 0 Å². The normalized spacial score (nSPS) is 13.5. The van der Waals surface area contributed by atoms with Crippen molar-refractivity contribution < 1.29 is 19.2 Å². The SMILES string of the molecule is CN(C)CCNC(=O)CN1CC(=O)Oc2cc([N+](=O)[O-])ccc21. The summed E-state index contributed by atoms with van der Waals surface area (Å²) in [6.07, 6.45) is 0. The van der Waals surface area contributed by atoms with Gasteiger partial charge in [0.1, 0.15) is 6.54 Å². The van der Waals surface area contributed by atoms with E-state index >= 15 is 0 Å². The zero-order valence-corrected chi connectivity index (χ0v) is 12.9. The molecule has 0 aromatic heterocycles. The first-order chi connectivity index (χ1) is 10.9. The summed E-state index contributed by atoms with van der Waals surface area (Å²) in [6, 6.07) is 3.98. The number of nitrogens with zero attached hydrogens (tertiary/aromatic N) is 3. The molecule has 0 spiro atoms. The third-order valence-corrected chi connectivity index (χ3v) is 3.25. The van der Waals surface area contributed by atoms with Gasteiger partial charge < -0.3 is 19.9 Å². The second-order valence-electron chi connectivity index (χ2n) is 5.39. The highest BCUT2D eigenvalue weighted by atomic mass is 16.6. The number of esters is 1. The number of ether oxygens (including phenoxy) is 1. The molecule has 0 atom stereocenters. The molecule has 2 rings (SSSR count). The lowest BCUT2D eigenvalue weighted by atomic mass is 10.2. The fourth-order valence-corrected chi connectivity index (χ4v) is 2.14. The molecule has 0 saturated carbocycles. The average molecular weight is 322 g/mol. The van der Waals surface area contributed by atoms with Crippen molar-refractivity contribution >= 4 is 23.3 Å². The number of amides is 1. The molecule has 0 fully saturated rings. The van der Waals surface area contributed by atoms with Crippen molar-refractivity contribution in [2.24, 2.45) is 0 Å². The van der Waals surface area contributed by atoms with Crippen LogP contribution < -0.4 is 15.0 Å². The van der Waals surface area contributed by atoms with E-state index < -0.39 is 10.9 Å². The maximum Gasteiger partial charge on any atom is 0.331 e. The summed E-state index contributed by atoms with van der Waals surface area (Å²) in [4.78, 5) is 37.3. The standard InChI is InChI=1S/C14H18N4O5/c1-16(2)6-5-15-13(19)8-17-9-14(20)23-12-7-10(18(21)22)3-4-11(12)17/h3-4,7H,5-6,8-9H2,1-2H3,(H,15,19). The second kappa shape index (κ2) is 7.05. The van der Waals surface area contributed by atoms with E-state index in [0.717, 1.165) is 0 Å². The van der Waals surface area contributed by atoms with Crippen LogP contribution in [0.15, 0.2) is 18.2 Å². The van der Waals surface area contributed by atoms with Gasteiger partial charge in [0.05, 0.1) is 23.2 Å². The molecule has 0 unspecified atom stereocenters. The number of carbonyl (C=O) groups excluding carboxylic acids is 2. The van der Waals surface area contributed by atoms with Gasteiger partial charge in [-0.1, -0.05) is 0 Å². The van der Waals surface area contributed by atoms with Gasteiger partial charge in [0.15, 0.2) is 5.75 Å². The molecule has 1 aliphatic heterocycles. The Hall–Kier alpha value is -2.68. The number of nitro groups is 1. The van der Waals surface area contributed by atoms with E-state index in [0.29, 0.717) is 18.8 Å². The van der Waals surface area contributed by atoms with Gasteiger partial charge in [-0.05, 0) is 20.2 Å². The Balaban J connectivity index is 2.08. The first-order valence-electron chi connectivity index (χ1n) is 7.02. The second-order valence-corrected chi connectivity index (χ2v) is 5.39. The smallest absolute Gasteiger partial charge is 0.331 e. The molecule has 0 radical (unpaired) electrons. The number of rotatable bonds is 6. The molecule has 124 valence electrons. The maximum atomic E-state index is 12.0. The molecule has 1 aliphatic rings. The first kappa shape index (κ1) is 16.7. The zero-order valence-electron chi connectivity index (χ0n) is 12.9. The van der Waals surface area contributed by atoms with E-state index in [4.69, 9.17) is 4.74 Å². The van der Waals surface area contributed by atoms with Crippen LogP contribution in [0.3, 0.4) is 0 Å². The fraction of sp³-hybridized carbons (Fsp3) is 0.429. The summed E-state index contributed by atoms with van der Waals surface area (Å²) in [5, 5.41) is 13.5. The number of carbonyl (C=O) groups is 2. The molecule has 0 aliphatic carbocycles. The molecule has 1 N–H and O–H groups in total. The molecule has 1 aromatic rings. The van der Waals surface area contributed by atoms with Gasteiger partial charge >= 0.3 is 5.97 Å². The Kier molecular flexibility index (Phi) is 5.12. The van der Waals surface area contributed by atoms with E-state index in [1.165, 1.54) is 23.1 Å². The van der Waals surface area contributed by atoms with E-state index in [1.54, 1.807) is 0 Å². The van der Waals surface area contributed by atoms with Crippen molar-refractivity contribution in [3.63, 3.8) is 0 Å². The Morgan fingerprint density at radius 1 is 1.48 bits per heavy atom. The van der Waals surface area contributed by atoms with Gasteiger partial charge in [0.25, 0.3) is 5.69 Å². The zero-order chi connectivity index (χ0) is 17.0. The van der Waals surface area contributed by atoms with Crippen LogP contribution in [0.1, 0.15) is 0 Å². The lowest BCUT2D eigenvalue weighted by Crippen LogP contribution is -2.44. The number of fused-ring (bicyclic) bond motifs is 1. The summed E-state index contributed by atoms with van der Waals surface area (Å²) in [5.41, 5.74) is 0.312. The molecule has 9 nitrogen and oxygen atoms in total. The van der Waals surface area contributed by atoms with Crippen molar-refractivity contribution in [1.82, 2.24) is 10.2 Å². The van der Waals surface area contributed by atoms with E-state index in [9.17, 15) is 19.7 Å². The molecule has 23 heavy (non-hydrogen) atoms. The summed E-state index contributed by atoms with van der Waals surface area (Å²) >= 11 is 0. The van der Waals surface area contributed by atoms with Crippen molar-refractivity contribution in [3.05, 3.63) is 28.3 Å². The summed E-state index contributed by atoms with van der Waals surface area (Å²) in [6.45, 7) is 1.10. The summed E-state index contributed by atoms with van der Waals surface area (Å²) in [5.74, 6) is -0.693. The minimum absolute atomic E-state index is 0.0205. The molecule has 0 bridgehead atoms. The van der Waals surface area contributed by atoms with Crippen molar-refractivity contribution in [1.29, 1.82) is 0 Å².